The van der Waals surface area contributed by atoms with E-state index in [9.17, 15) is 9.65 Å². The van der Waals surface area contributed by atoms with Crippen molar-refractivity contribution in [2.45, 2.75) is 13.0 Å². The van der Waals surface area contributed by atoms with Crippen molar-refractivity contribution in [2.24, 2.45) is 0 Å². The molecule has 0 fully saturated rings. The fraction of sp³-hybridized carbons (Fsp3) is 0.143. The quantitative estimate of drug-likeness (QED) is 0.897. The maximum Gasteiger partial charge on any atom is 0.146 e. The molecule has 3 nitrogen and oxygen atoms in total. The number of anilines is 1. The summed E-state index contributed by atoms with van der Waals surface area (Å²) in [5.74, 6) is -0.376. The number of rotatable bonds is 3. The van der Waals surface area contributed by atoms with Crippen molar-refractivity contribution in [3.05, 3.63) is 59.7 Å². The molecule has 0 radical (unpaired) electrons. The smallest absolute Gasteiger partial charge is 0.146 e. The Hall–Kier alpha value is -2.41. The monoisotopic (exact) mass is 241 g/mol. The van der Waals surface area contributed by atoms with Crippen LogP contribution >= 0.6 is 0 Å². The summed E-state index contributed by atoms with van der Waals surface area (Å²) in [6.07, 6.45) is 3.29. The average molecular weight is 241 g/mol. The second-order valence-electron chi connectivity index (χ2n) is 3.92. The summed E-state index contributed by atoms with van der Waals surface area (Å²) < 4.78 is 13.5. The number of nitriles is 1. The lowest BCUT2D eigenvalue weighted by Crippen LogP contribution is -2.11. The summed E-state index contributed by atoms with van der Waals surface area (Å²) in [5, 5.41) is 12.1. The van der Waals surface area contributed by atoms with E-state index in [4.69, 9.17) is 0 Å². The van der Waals surface area contributed by atoms with Gasteiger partial charge in [0.15, 0.2) is 0 Å². The first-order valence-electron chi connectivity index (χ1n) is 5.53. The summed E-state index contributed by atoms with van der Waals surface area (Å²) in [4.78, 5) is 3.99. The zero-order valence-corrected chi connectivity index (χ0v) is 9.89. The van der Waals surface area contributed by atoms with Crippen LogP contribution in [0.15, 0.2) is 42.7 Å². The molecule has 90 valence electrons. The van der Waals surface area contributed by atoms with Crippen LogP contribution in [0.5, 0.6) is 0 Å². The summed E-state index contributed by atoms with van der Waals surface area (Å²) in [6, 6.07) is 9.61. The van der Waals surface area contributed by atoms with Gasteiger partial charge in [-0.15, -0.1) is 0 Å². The second kappa shape index (κ2) is 5.28. The topological polar surface area (TPSA) is 48.7 Å². The van der Waals surface area contributed by atoms with Crippen LogP contribution in [0.25, 0.3) is 0 Å². The molecule has 1 aromatic carbocycles. The first-order chi connectivity index (χ1) is 8.72. The van der Waals surface area contributed by atoms with Crippen LogP contribution in [0.2, 0.25) is 0 Å². The highest BCUT2D eigenvalue weighted by Crippen LogP contribution is 2.22. The van der Waals surface area contributed by atoms with Crippen LogP contribution < -0.4 is 5.32 Å². The van der Waals surface area contributed by atoms with Gasteiger partial charge in [-0.25, -0.2) is 4.39 Å². The first-order valence-corrected chi connectivity index (χ1v) is 5.53. The molecule has 1 heterocycles. The lowest BCUT2D eigenvalue weighted by atomic mass is 10.0. The number of aryl methyl sites for hydroxylation is 1. The van der Waals surface area contributed by atoms with Gasteiger partial charge in [-0.05, 0) is 30.7 Å². The number of nitrogens with one attached hydrogen (secondary N) is 1. The summed E-state index contributed by atoms with van der Waals surface area (Å²) in [6.45, 7) is 1.89. The third kappa shape index (κ3) is 2.46. The Balaban J connectivity index is 2.30. The molecule has 0 saturated heterocycles. The van der Waals surface area contributed by atoms with E-state index >= 15 is 0 Å². The molecular weight excluding hydrogens is 229 g/mol. The van der Waals surface area contributed by atoms with E-state index in [1.807, 2.05) is 13.0 Å². The SMILES string of the molecule is Cc1ccncc1C(C#N)Nc1ccccc1F. The van der Waals surface area contributed by atoms with Gasteiger partial charge >= 0.3 is 0 Å². The Labute approximate surface area is 105 Å². The number of pyridine rings is 1. The molecule has 1 N–H and O–H groups in total. The zero-order valence-electron chi connectivity index (χ0n) is 9.89. The summed E-state index contributed by atoms with van der Waals surface area (Å²) >= 11 is 0. The molecule has 0 aliphatic heterocycles. The Morgan fingerprint density at radius 1 is 1.33 bits per heavy atom. The van der Waals surface area contributed by atoms with Crippen molar-refractivity contribution in [1.82, 2.24) is 4.98 Å². The maximum atomic E-state index is 13.5. The molecule has 1 aromatic heterocycles. The highest BCUT2D eigenvalue weighted by atomic mass is 19.1. The molecule has 0 spiro atoms. The molecule has 18 heavy (non-hydrogen) atoms. The molecule has 2 rings (SSSR count). The minimum atomic E-state index is -0.615. The molecule has 0 aliphatic rings. The molecule has 0 aliphatic carbocycles. The number of hydrogen-bond acceptors (Lipinski definition) is 3. The maximum absolute atomic E-state index is 13.5. The summed E-state index contributed by atoms with van der Waals surface area (Å²) in [5.41, 5.74) is 2.01. The van der Waals surface area contributed by atoms with E-state index < -0.39 is 6.04 Å². The van der Waals surface area contributed by atoms with Gasteiger partial charge in [-0.3, -0.25) is 4.98 Å². The van der Waals surface area contributed by atoms with Crippen LogP contribution in [-0.4, -0.2) is 4.98 Å². The predicted octanol–water partition coefficient (Wildman–Crippen LogP) is 3.21. The van der Waals surface area contributed by atoms with Gasteiger partial charge < -0.3 is 5.32 Å². The molecule has 1 atom stereocenters. The van der Waals surface area contributed by atoms with Crippen LogP contribution in [0, 0.1) is 24.1 Å². The van der Waals surface area contributed by atoms with Gasteiger partial charge in [-0.1, -0.05) is 12.1 Å². The van der Waals surface area contributed by atoms with E-state index in [0.717, 1.165) is 11.1 Å². The van der Waals surface area contributed by atoms with E-state index in [0.29, 0.717) is 5.69 Å². The van der Waals surface area contributed by atoms with Crippen molar-refractivity contribution < 1.29 is 4.39 Å². The second-order valence-corrected chi connectivity index (χ2v) is 3.92. The third-order valence-corrected chi connectivity index (χ3v) is 2.69. The molecule has 1 unspecified atom stereocenters. The van der Waals surface area contributed by atoms with E-state index in [2.05, 4.69) is 16.4 Å². The van der Waals surface area contributed by atoms with E-state index in [-0.39, 0.29) is 5.82 Å². The van der Waals surface area contributed by atoms with Crippen molar-refractivity contribution in [3.8, 4) is 6.07 Å². The lowest BCUT2D eigenvalue weighted by molar-refractivity contribution is 0.629. The zero-order chi connectivity index (χ0) is 13.0. The van der Waals surface area contributed by atoms with Crippen LogP contribution in [0.1, 0.15) is 17.2 Å². The number of hydrogen-bond donors (Lipinski definition) is 1. The minimum Gasteiger partial charge on any atom is -0.364 e. The van der Waals surface area contributed by atoms with Gasteiger partial charge in [0.05, 0.1) is 11.8 Å². The van der Waals surface area contributed by atoms with Crippen LogP contribution in [0.3, 0.4) is 0 Å². The number of aromatic nitrogens is 1. The van der Waals surface area contributed by atoms with Crippen LogP contribution in [0.4, 0.5) is 10.1 Å². The molecular formula is C14H12FN3. The van der Waals surface area contributed by atoms with Gasteiger partial charge in [0.1, 0.15) is 11.9 Å². The van der Waals surface area contributed by atoms with Gasteiger partial charge in [0, 0.05) is 18.0 Å². The molecule has 0 saturated carbocycles. The number of para-hydroxylation sites is 1. The van der Waals surface area contributed by atoms with Crippen molar-refractivity contribution in [1.29, 1.82) is 5.26 Å². The predicted molar refractivity (Wildman–Crippen MR) is 67.4 cm³/mol. The normalized spacial score (nSPS) is 11.6. The largest absolute Gasteiger partial charge is 0.364 e. The van der Waals surface area contributed by atoms with E-state index in [1.165, 1.54) is 6.07 Å². The Bertz CT molecular complexity index is 590. The van der Waals surface area contributed by atoms with Gasteiger partial charge in [0.25, 0.3) is 0 Å². The molecule has 0 amide bonds. The number of benzene rings is 1. The average Bonchev–Trinajstić information content (AvgIpc) is 2.39. The number of halogens is 1. The third-order valence-electron chi connectivity index (χ3n) is 2.69. The highest BCUT2D eigenvalue weighted by Gasteiger charge is 2.14. The van der Waals surface area contributed by atoms with Crippen LogP contribution in [-0.2, 0) is 0 Å². The Morgan fingerprint density at radius 3 is 2.78 bits per heavy atom. The lowest BCUT2D eigenvalue weighted by Gasteiger charge is -2.15. The standard InChI is InChI=1S/C14H12FN3/c1-10-6-7-17-9-11(10)14(8-16)18-13-5-3-2-4-12(13)15/h2-7,9,14,18H,1H3. The minimum absolute atomic E-state index is 0.312. The van der Waals surface area contributed by atoms with E-state index in [1.54, 1.807) is 30.6 Å². The fourth-order valence-corrected chi connectivity index (χ4v) is 1.69. The summed E-state index contributed by atoms with van der Waals surface area (Å²) in [7, 11) is 0. The Morgan fingerprint density at radius 2 is 2.11 bits per heavy atom. The van der Waals surface area contributed by atoms with Crippen molar-refractivity contribution in [3.63, 3.8) is 0 Å². The molecule has 0 bridgehead atoms. The Kier molecular flexibility index (Phi) is 3.54. The molecule has 2 aromatic rings. The number of nitrogens with zero attached hydrogens (tertiary/aromatic N) is 2. The van der Waals surface area contributed by atoms with Gasteiger partial charge in [0.2, 0.25) is 0 Å². The van der Waals surface area contributed by atoms with Crippen molar-refractivity contribution >= 4 is 5.69 Å². The van der Waals surface area contributed by atoms with Gasteiger partial charge in [-0.2, -0.15) is 5.26 Å². The highest BCUT2D eigenvalue weighted by molar-refractivity contribution is 5.49. The molecule has 4 heteroatoms. The fourth-order valence-electron chi connectivity index (χ4n) is 1.69. The van der Waals surface area contributed by atoms with Crippen molar-refractivity contribution in [2.75, 3.05) is 5.32 Å². The first kappa shape index (κ1) is 12.1.